The normalized spacial score (nSPS) is 10.5. The van der Waals surface area contributed by atoms with E-state index >= 15 is 0 Å². The number of hydrogen-bond acceptors (Lipinski definition) is 6. The van der Waals surface area contributed by atoms with Gasteiger partial charge in [0.05, 0.1) is 21.8 Å². The third kappa shape index (κ3) is 3.16. The molecule has 0 saturated carbocycles. The highest BCUT2D eigenvalue weighted by Gasteiger charge is 2.21. The van der Waals surface area contributed by atoms with Crippen LogP contribution in [0.1, 0.15) is 15.9 Å². The molecule has 0 radical (unpaired) electrons. The molecular formula is C20H14N4OS2. The molecule has 7 heteroatoms. The smallest absolute Gasteiger partial charge is 0.257 e. The Balaban J connectivity index is 1.90. The zero-order chi connectivity index (χ0) is 18.8. The van der Waals surface area contributed by atoms with E-state index in [1.807, 2.05) is 59.1 Å². The molecule has 0 aliphatic heterocycles. The number of thiophene rings is 2. The Morgan fingerprint density at radius 1 is 1.19 bits per heavy atom. The highest BCUT2D eigenvalue weighted by atomic mass is 32.1. The van der Waals surface area contributed by atoms with Crippen molar-refractivity contribution in [3.05, 3.63) is 69.7 Å². The van der Waals surface area contributed by atoms with Gasteiger partial charge in [0.2, 0.25) is 0 Å². The van der Waals surface area contributed by atoms with Crippen LogP contribution in [-0.2, 0) is 0 Å². The first-order chi connectivity index (χ1) is 13.2. The first-order valence-electron chi connectivity index (χ1n) is 8.12. The first kappa shape index (κ1) is 17.2. The second-order valence-corrected chi connectivity index (χ2v) is 7.50. The summed E-state index contributed by atoms with van der Waals surface area (Å²) in [6.07, 6.45) is 0. The van der Waals surface area contributed by atoms with Crippen LogP contribution >= 0.6 is 22.7 Å². The average molecular weight is 390 g/mol. The molecule has 0 bridgehead atoms. The van der Waals surface area contributed by atoms with E-state index in [0.29, 0.717) is 11.1 Å². The van der Waals surface area contributed by atoms with Crippen LogP contribution in [-0.4, -0.2) is 17.9 Å². The number of aromatic nitrogens is 1. The van der Waals surface area contributed by atoms with Crippen LogP contribution in [0.3, 0.4) is 0 Å². The Bertz CT molecular complexity index is 1140. The van der Waals surface area contributed by atoms with Gasteiger partial charge < -0.3 is 10.2 Å². The van der Waals surface area contributed by atoms with E-state index in [4.69, 9.17) is 0 Å². The fraction of sp³-hybridized carbons (Fsp3) is 0.0500. The van der Waals surface area contributed by atoms with Gasteiger partial charge in [0.25, 0.3) is 5.91 Å². The molecule has 0 atom stereocenters. The van der Waals surface area contributed by atoms with E-state index in [-0.39, 0.29) is 11.7 Å². The van der Waals surface area contributed by atoms with Crippen molar-refractivity contribution in [2.24, 2.45) is 0 Å². The number of nitrogens with zero attached hydrogens (tertiary/aromatic N) is 3. The molecule has 3 aromatic heterocycles. The van der Waals surface area contributed by atoms with Gasteiger partial charge in [0, 0.05) is 17.8 Å². The van der Waals surface area contributed by atoms with Gasteiger partial charge in [-0.3, -0.25) is 4.79 Å². The molecule has 0 fully saturated rings. The number of benzene rings is 1. The lowest BCUT2D eigenvalue weighted by Crippen LogP contribution is -2.17. The summed E-state index contributed by atoms with van der Waals surface area (Å²) >= 11 is 3.03. The molecule has 4 rings (SSSR count). The molecule has 0 saturated heterocycles. The van der Waals surface area contributed by atoms with Crippen LogP contribution in [0.5, 0.6) is 0 Å². The molecule has 27 heavy (non-hydrogen) atoms. The molecule has 3 heterocycles. The Labute approximate surface area is 164 Å². The minimum Gasteiger partial charge on any atom is -0.335 e. The van der Waals surface area contributed by atoms with Crippen LogP contribution in [0.4, 0.5) is 16.5 Å². The topological polar surface area (TPSA) is 69.0 Å². The van der Waals surface area contributed by atoms with E-state index in [1.165, 1.54) is 11.3 Å². The lowest BCUT2D eigenvalue weighted by Gasteiger charge is -2.22. The number of fused-ring (bicyclic) bond motifs is 1. The number of hydrogen-bond donors (Lipinski definition) is 1. The van der Waals surface area contributed by atoms with Crippen molar-refractivity contribution in [2.45, 2.75) is 0 Å². The lowest BCUT2D eigenvalue weighted by molar-refractivity contribution is 0.102. The summed E-state index contributed by atoms with van der Waals surface area (Å²) in [5.74, 6) is -0.00827. The quantitative estimate of drug-likeness (QED) is 0.517. The van der Waals surface area contributed by atoms with Crippen LogP contribution in [0, 0.1) is 11.3 Å². The lowest BCUT2D eigenvalue weighted by atomic mass is 10.1. The number of carbonyl (C=O) groups is 1. The zero-order valence-corrected chi connectivity index (χ0v) is 16.0. The Morgan fingerprint density at radius 3 is 2.74 bits per heavy atom. The Kier molecular flexibility index (Phi) is 4.59. The largest absolute Gasteiger partial charge is 0.335 e. The molecular weight excluding hydrogens is 376 g/mol. The average Bonchev–Trinajstić information content (AvgIpc) is 3.40. The zero-order valence-electron chi connectivity index (χ0n) is 14.3. The maximum atomic E-state index is 12.5. The molecule has 4 aromatic rings. The second-order valence-electron chi connectivity index (χ2n) is 5.79. The van der Waals surface area contributed by atoms with Crippen molar-refractivity contribution in [3.63, 3.8) is 0 Å². The second kappa shape index (κ2) is 7.19. The minimum absolute atomic E-state index is 0.269. The van der Waals surface area contributed by atoms with Gasteiger partial charge in [-0.15, -0.1) is 11.3 Å². The van der Waals surface area contributed by atoms with Crippen molar-refractivity contribution >= 4 is 56.0 Å². The molecule has 1 amide bonds. The van der Waals surface area contributed by atoms with E-state index in [2.05, 4.69) is 16.4 Å². The number of carbonyl (C=O) groups excluding carboxylic acids is 1. The highest BCUT2D eigenvalue weighted by Crippen LogP contribution is 2.38. The molecule has 1 aromatic carbocycles. The summed E-state index contributed by atoms with van der Waals surface area (Å²) < 4.78 is 0. The molecule has 0 aliphatic rings. The number of pyridine rings is 1. The van der Waals surface area contributed by atoms with Crippen LogP contribution in [0.25, 0.3) is 10.9 Å². The summed E-state index contributed by atoms with van der Waals surface area (Å²) in [7, 11) is 1.92. The summed E-state index contributed by atoms with van der Waals surface area (Å²) in [6.45, 7) is 0. The van der Waals surface area contributed by atoms with Gasteiger partial charge >= 0.3 is 0 Å². The van der Waals surface area contributed by atoms with Gasteiger partial charge in [-0.2, -0.15) is 16.6 Å². The predicted molar refractivity (Wildman–Crippen MR) is 111 cm³/mol. The monoisotopic (exact) mass is 390 g/mol. The van der Waals surface area contributed by atoms with Crippen LogP contribution in [0.15, 0.2) is 58.6 Å². The van der Waals surface area contributed by atoms with E-state index < -0.39 is 0 Å². The number of para-hydroxylation sites is 1. The van der Waals surface area contributed by atoms with E-state index in [1.54, 1.807) is 22.8 Å². The number of nitriles is 1. The van der Waals surface area contributed by atoms with Crippen molar-refractivity contribution in [1.82, 2.24) is 4.98 Å². The summed E-state index contributed by atoms with van der Waals surface area (Å²) in [5, 5.41) is 20.1. The Morgan fingerprint density at radius 2 is 2.04 bits per heavy atom. The van der Waals surface area contributed by atoms with Gasteiger partial charge in [0.1, 0.15) is 11.6 Å². The third-order valence-corrected chi connectivity index (χ3v) is 5.79. The standard InChI is InChI=1S/C20H14N4OS2/c1-24(17-7-4-9-27-17)18-14-5-2-3-6-16(14)22-19(15(18)11-21)23-20(25)13-8-10-26-12-13/h2-10,12H,1H3,(H,22,23,25). The molecule has 0 aliphatic carbocycles. The Hall–Kier alpha value is -3.21. The van der Waals surface area contributed by atoms with Crippen LogP contribution in [0.2, 0.25) is 0 Å². The van der Waals surface area contributed by atoms with Crippen molar-refractivity contribution in [1.29, 1.82) is 5.26 Å². The maximum Gasteiger partial charge on any atom is 0.257 e. The molecule has 132 valence electrons. The molecule has 0 spiro atoms. The summed E-state index contributed by atoms with van der Waals surface area (Å²) in [4.78, 5) is 19.0. The van der Waals surface area contributed by atoms with Crippen LogP contribution < -0.4 is 10.2 Å². The fourth-order valence-electron chi connectivity index (χ4n) is 2.88. The molecule has 5 nitrogen and oxygen atoms in total. The minimum atomic E-state index is -0.278. The highest BCUT2D eigenvalue weighted by molar-refractivity contribution is 7.14. The number of anilines is 3. The molecule has 1 N–H and O–H groups in total. The summed E-state index contributed by atoms with van der Waals surface area (Å²) in [6, 6.07) is 15.6. The SMILES string of the molecule is CN(c1cccs1)c1c(C#N)c(NC(=O)c2ccsc2)nc2ccccc12. The van der Waals surface area contributed by atoms with Gasteiger partial charge in [-0.1, -0.05) is 18.2 Å². The van der Waals surface area contributed by atoms with Gasteiger partial charge in [-0.05, 0) is 35.0 Å². The third-order valence-electron chi connectivity index (χ3n) is 4.16. The maximum absolute atomic E-state index is 12.5. The number of nitrogens with one attached hydrogen (secondary N) is 1. The summed E-state index contributed by atoms with van der Waals surface area (Å²) in [5.41, 5.74) is 2.34. The van der Waals surface area contributed by atoms with Gasteiger partial charge in [-0.25, -0.2) is 4.98 Å². The van der Waals surface area contributed by atoms with Crippen molar-refractivity contribution in [3.8, 4) is 6.07 Å². The first-order valence-corrected chi connectivity index (χ1v) is 9.95. The van der Waals surface area contributed by atoms with Crippen molar-refractivity contribution in [2.75, 3.05) is 17.3 Å². The number of amides is 1. The van der Waals surface area contributed by atoms with Crippen molar-refractivity contribution < 1.29 is 4.79 Å². The van der Waals surface area contributed by atoms with Gasteiger partial charge in [0.15, 0.2) is 5.82 Å². The van der Waals surface area contributed by atoms with E-state index in [0.717, 1.165) is 21.6 Å². The number of rotatable bonds is 4. The fourth-order valence-corrected chi connectivity index (χ4v) is 4.22. The van der Waals surface area contributed by atoms with E-state index in [9.17, 15) is 10.1 Å². The predicted octanol–water partition coefficient (Wildman–Crippen LogP) is 5.25. The molecule has 0 unspecified atom stereocenters.